The lowest BCUT2D eigenvalue weighted by Gasteiger charge is -2.25. The molecule has 6 heteroatoms. The lowest BCUT2D eigenvalue weighted by atomic mass is 9.98. The van der Waals surface area contributed by atoms with Gasteiger partial charge in [0.15, 0.2) is 0 Å². The highest BCUT2D eigenvalue weighted by Gasteiger charge is 2.43. The molecule has 1 saturated carbocycles. The number of hydrogen-bond donors (Lipinski definition) is 1. The summed E-state index contributed by atoms with van der Waals surface area (Å²) in [6.07, 6.45) is 6.07. The average Bonchev–Trinajstić information content (AvgIpc) is 3.15. The number of carbonyl (C=O) groups is 1. The number of aryl methyl sites for hydroxylation is 1. The molecule has 6 nitrogen and oxygen atoms in total. The third-order valence-electron chi connectivity index (χ3n) is 5.05. The highest BCUT2D eigenvalue weighted by atomic mass is 16.6. The topological polar surface area (TPSA) is 59.4 Å². The van der Waals surface area contributed by atoms with Crippen molar-refractivity contribution in [2.45, 2.75) is 65.3 Å². The zero-order valence-electron chi connectivity index (χ0n) is 15.3. The van der Waals surface area contributed by atoms with E-state index in [0.29, 0.717) is 11.8 Å². The molecule has 1 amide bonds. The van der Waals surface area contributed by atoms with Crippen LogP contribution in [0.25, 0.3) is 0 Å². The van der Waals surface area contributed by atoms with Crippen LogP contribution < -0.4 is 5.32 Å². The largest absolute Gasteiger partial charge is 0.444 e. The van der Waals surface area contributed by atoms with Gasteiger partial charge in [0.1, 0.15) is 5.60 Å². The first-order valence-corrected chi connectivity index (χ1v) is 9.07. The number of likely N-dealkylation sites (tertiary alicyclic amines) is 1. The maximum absolute atomic E-state index is 12.1. The van der Waals surface area contributed by atoms with Crippen LogP contribution in [0.5, 0.6) is 0 Å². The third-order valence-corrected chi connectivity index (χ3v) is 5.05. The Kier molecular flexibility index (Phi) is 4.85. The molecule has 1 aromatic heterocycles. The zero-order valence-corrected chi connectivity index (χ0v) is 15.3. The van der Waals surface area contributed by atoms with Crippen molar-refractivity contribution in [1.29, 1.82) is 0 Å². The first-order chi connectivity index (χ1) is 11.3. The predicted molar refractivity (Wildman–Crippen MR) is 92.5 cm³/mol. The minimum atomic E-state index is -0.441. The maximum Gasteiger partial charge on any atom is 0.407 e. The van der Waals surface area contributed by atoms with Crippen LogP contribution in [0.4, 0.5) is 4.79 Å². The van der Waals surface area contributed by atoms with Gasteiger partial charge in [-0.15, -0.1) is 0 Å². The molecule has 1 saturated heterocycles. The quantitative estimate of drug-likeness (QED) is 0.919. The summed E-state index contributed by atoms with van der Waals surface area (Å²) in [7, 11) is 0. The van der Waals surface area contributed by atoms with Crippen LogP contribution in [0.2, 0.25) is 0 Å². The molecule has 1 aliphatic carbocycles. The molecule has 2 fully saturated rings. The molecule has 1 N–H and O–H groups in total. The molecule has 24 heavy (non-hydrogen) atoms. The van der Waals surface area contributed by atoms with E-state index < -0.39 is 5.60 Å². The number of hydrogen-bond acceptors (Lipinski definition) is 4. The van der Waals surface area contributed by atoms with Crippen molar-refractivity contribution in [2.75, 3.05) is 13.1 Å². The maximum atomic E-state index is 12.1. The van der Waals surface area contributed by atoms with E-state index >= 15 is 0 Å². The van der Waals surface area contributed by atoms with Crippen LogP contribution in [0, 0.1) is 11.8 Å². The van der Waals surface area contributed by atoms with Gasteiger partial charge in [-0.25, -0.2) is 4.79 Å². The van der Waals surface area contributed by atoms with Crippen LogP contribution in [0.1, 0.15) is 46.1 Å². The lowest BCUT2D eigenvalue weighted by molar-refractivity contribution is 0.0491. The molecule has 0 bridgehead atoms. The number of carbonyl (C=O) groups excluding carboxylic acids is 1. The van der Waals surface area contributed by atoms with E-state index in [9.17, 15) is 4.79 Å². The smallest absolute Gasteiger partial charge is 0.407 e. The number of rotatable bonds is 4. The Morgan fingerprint density at radius 1 is 1.38 bits per heavy atom. The van der Waals surface area contributed by atoms with Gasteiger partial charge in [0.25, 0.3) is 0 Å². The Hall–Kier alpha value is -1.56. The number of fused-ring (bicyclic) bond motifs is 1. The predicted octanol–water partition coefficient (Wildman–Crippen LogP) is 2.64. The van der Waals surface area contributed by atoms with Crippen molar-refractivity contribution in [3.05, 3.63) is 18.0 Å². The number of nitrogens with one attached hydrogen (secondary N) is 1. The lowest BCUT2D eigenvalue weighted by Crippen LogP contribution is -2.42. The molecule has 3 atom stereocenters. The van der Waals surface area contributed by atoms with Crippen LogP contribution in [0.3, 0.4) is 0 Å². The highest BCUT2D eigenvalue weighted by molar-refractivity contribution is 5.68. The molecule has 0 radical (unpaired) electrons. The fourth-order valence-electron chi connectivity index (χ4n) is 4.04. The van der Waals surface area contributed by atoms with Gasteiger partial charge in [-0.2, -0.15) is 5.10 Å². The first kappa shape index (κ1) is 17.3. The monoisotopic (exact) mass is 334 g/mol. The van der Waals surface area contributed by atoms with Gasteiger partial charge < -0.3 is 10.1 Å². The second-order valence-corrected chi connectivity index (χ2v) is 8.15. The normalized spacial score (nSPS) is 27.2. The molecule has 0 aromatic carbocycles. The van der Waals surface area contributed by atoms with Crippen molar-refractivity contribution >= 4 is 6.09 Å². The zero-order chi connectivity index (χ0) is 17.3. The van der Waals surface area contributed by atoms with E-state index in [-0.39, 0.29) is 12.1 Å². The minimum absolute atomic E-state index is 0.244. The second kappa shape index (κ2) is 6.75. The summed E-state index contributed by atoms with van der Waals surface area (Å²) in [6.45, 7) is 11.8. The molecule has 0 unspecified atom stereocenters. The summed E-state index contributed by atoms with van der Waals surface area (Å²) >= 11 is 0. The Morgan fingerprint density at radius 2 is 2.17 bits per heavy atom. The summed E-state index contributed by atoms with van der Waals surface area (Å²) < 4.78 is 7.38. The SMILES string of the molecule is CCn1cc(CN2C[C@@H]3CC[C@H](NC(=O)OC(C)(C)C)[C@@H]3C2)cn1. The first-order valence-electron chi connectivity index (χ1n) is 9.07. The summed E-state index contributed by atoms with van der Waals surface area (Å²) in [4.78, 5) is 14.5. The number of alkyl carbamates (subject to hydrolysis) is 1. The van der Waals surface area contributed by atoms with Gasteiger partial charge >= 0.3 is 6.09 Å². The Morgan fingerprint density at radius 3 is 2.83 bits per heavy atom. The van der Waals surface area contributed by atoms with Gasteiger partial charge in [-0.3, -0.25) is 9.58 Å². The highest BCUT2D eigenvalue weighted by Crippen LogP contribution is 2.38. The molecule has 1 aromatic rings. The fourth-order valence-corrected chi connectivity index (χ4v) is 4.04. The van der Waals surface area contributed by atoms with Gasteiger partial charge in [0, 0.05) is 44.0 Å². The Labute approximate surface area is 144 Å². The molecule has 3 rings (SSSR count). The molecular weight excluding hydrogens is 304 g/mol. The second-order valence-electron chi connectivity index (χ2n) is 8.15. The van der Waals surface area contributed by atoms with E-state index in [2.05, 4.69) is 28.4 Å². The van der Waals surface area contributed by atoms with Crippen molar-refractivity contribution in [1.82, 2.24) is 20.0 Å². The number of nitrogens with zero attached hydrogens (tertiary/aromatic N) is 3. The van der Waals surface area contributed by atoms with Crippen molar-refractivity contribution < 1.29 is 9.53 Å². The standard InChI is InChI=1S/C18H30N4O2/c1-5-22-10-13(8-19-22)9-21-11-14-6-7-16(15(14)12-21)20-17(23)24-18(2,3)4/h8,10,14-16H,5-7,9,11-12H2,1-4H3,(H,20,23)/t14-,15+,16-/m0/s1. The van der Waals surface area contributed by atoms with E-state index in [1.807, 2.05) is 31.6 Å². The van der Waals surface area contributed by atoms with E-state index in [4.69, 9.17) is 4.74 Å². The van der Waals surface area contributed by atoms with E-state index in [0.717, 1.165) is 32.6 Å². The van der Waals surface area contributed by atoms with E-state index in [1.165, 1.54) is 12.0 Å². The molecule has 0 spiro atoms. The minimum Gasteiger partial charge on any atom is -0.444 e. The summed E-state index contributed by atoms with van der Waals surface area (Å²) in [5.74, 6) is 1.23. The fraction of sp³-hybridized carbons (Fsp3) is 0.778. The van der Waals surface area contributed by atoms with E-state index in [1.54, 1.807) is 0 Å². The van der Waals surface area contributed by atoms with Crippen LogP contribution in [0.15, 0.2) is 12.4 Å². The van der Waals surface area contributed by atoms with Crippen LogP contribution in [-0.2, 0) is 17.8 Å². The number of amides is 1. The molecule has 2 aliphatic rings. The Bertz CT molecular complexity index is 578. The van der Waals surface area contributed by atoms with Crippen molar-refractivity contribution in [3.8, 4) is 0 Å². The van der Waals surface area contributed by atoms with Gasteiger partial charge in [-0.1, -0.05) is 0 Å². The summed E-state index contributed by atoms with van der Waals surface area (Å²) in [5.41, 5.74) is 0.831. The number of aromatic nitrogens is 2. The van der Waals surface area contributed by atoms with Crippen LogP contribution >= 0.6 is 0 Å². The summed E-state index contributed by atoms with van der Waals surface area (Å²) in [5, 5.41) is 7.45. The molecular formula is C18H30N4O2. The van der Waals surface area contributed by atoms with Gasteiger partial charge in [0.05, 0.1) is 6.20 Å². The Balaban J connectivity index is 1.53. The summed E-state index contributed by atoms with van der Waals surface area (Å²) in [6, 6.07) is 0.244. The average molecular weight is 334 g/mol. The van der Waals surface area contributed by atoms with Gasteiger partial charge in [0.2, 0.25) is 0 Å². The van der Waals surface area contributed by atoms with Crippen LogP contribution in [-0.4, -0.2) is 45.5 Å². The molecule has 1 aliphatic heterocycles. The third kappa shape index (κ3) is 4.09. The van der Waals surface area contributed by atoms with Crippen molar-refractivity contribution in [2.24, 2.45) is 11.8 Å². The molecule has 2 heterocycles. The van der Waals surface area contributed by atoms with Crippen molar-refractivity contribution in [3.63, 3.8) is 0 Å². The number of ether oxygens (including phenoxy) is 1. The van der Waals surface area contributed by atoms with Gasteiger partial charge in [-0.05, 0) is 52.4 Å². The molecule has 134 valence electrons.